The molecular weight excluding hydrogens is 239 g/mol. The standard InChI is InChI=1S/C17H23FO/c1-2-3-11-4-6-13-12(10-11)5-7-15-14(13)8-9-16(19)17(15)18/h8-9,11-13,19H,2-7,10H2,1H3. The molecule has 1 fully saturated rings. The molecule has 0 radical (unpaired) electrons. The van der Waals surface area contributed by atoms with Gasteiger partial charge in [0.2, 0.25) is 0 Å². The van der Waals surface area contributed by atoms with Crippen molar-refractivity contribution >= 4 is 0 Å². The summed E-state index contributed by atoms with van der Waals surface area (Å²) in [5, 5.41) is 9.51. The summed E-state index contributed by atoms with van der Waals surface area (Å²) in [7, 11) is 0. The van der Waals surface area contributed by atoms with Crippen molar-refractivity contribution in [2.24, 2.45) is 11.8 Å². The summed E-state index contributed by atoms with van der Waals surface area (Å²) in [6, 6.07) is 3.50. The van der Waals surface area contributed by atoms with Crippen LogP contribution in [0, 0.1) is 17.7 Å². The van der Waals surface area contributed by atoms with E-state index in [0.29, 0.717) is 5.92 Å². The summed E-state index contributed by atoms with van der Waals surface area (Å²) in [4.78, 5) is 0. The molecule has 104 valence electrons. The average molecular weight is 262 g/mol. The Bertz CT molecular complexity index is 469. The van der Waals surface area contributed by atoms with Crippen LogP contribution in [0.2, 0.25) is 0 Å². The van der Waals surface area contributed by atoms with Gasteiger partial charge in [0.1, 0.15) is 0 Å². The Morgan fingerprint density at radius 2 is 2.11 bits per heavy atom. The molecule has 0 aliphatic heterocycles. The molecule has 0 amide bonds. The van der Waals surface area contributed by atoms with E-state index in [1.165, 1.54) is 43.7 Å². The number of phenolic OH excluding ortho intramolecular Hbond substituents is 1. The lowest BCUT2D eigenvalue weighted by Crippen LogP contribution is -2.28. The Morgan fingerprint density at radius 1 is 1.26 bits per heavy atom. The maximum absolute atomic E-state index is 14.0. The Morgan fingerprint density at radius 3 is 2.89 bits per heavy atom. The molecule has 0 aromatic heterocycles. The quantitative estimate of drug-likeness (QED) is 0.813. The van der Waals surface area contributed by atoms with Crippen molar-refractivity contribution in [3.63, 3.8) is 0 Å². The first-order valence-corrected chi connectivity index (χ1v) is 7.71. The maximum atomic E-state index is 14.0. The molecule has 3 rings (SSSR count). The molecule has 1 nitrogen and oxygen atoms in total. The summed E-state index contributed by atoms with van der Waals surface area (Å²) in [5.41, 5.74) is 1.97. The van der Waals surface area contributed by atoms with Gasteiger partial charge >= 0.3 is 0 Å². The number of halogens is 1. The first kappa shape index (κ1) is 13.0. The molecule has 2 aliphatic rings. The fourth-order valence-corrected chi connectivity index (χ4v) is 4.32. The Labute approximate surface area is 114 Å². The van der Waals surface area contributed by atoms with Crippen molar-refractivity contribution in [1.29, 1.82) is 0 Å². The number of phenols is 1. The molecule has 0 heterocycles. The van der Waals surface area contributed by atoms with Crippen LogP contribution in [0.25, 0.3) is 0 Å². The molecule has 3 atom stereocenters. The summed E-state index contributed by atoms with van der Waals surface area (Å²) in [5.74, 6) is 1.60. The number of fused-ring (bicyclic) bond motifs is 3. The maximum Gasteiger partial charge on any atom is 0.168 e. The van der Waals surface area contributed by atoms with Crippen LogP contribution in [0.4, 0.5) is 4.39 Å². The third kappa shape index (κ3) is 2.26. The van der Waals surface area contributed by atoms with Crippen molar-refractivity contribution in [3.05, 3.63) is 29.1 Å². The first-order valence-electron chi connectivity index (χ1n) is 7.71. The van der Waals surface area contributed by atoms with Crippen molar-refractivity contribution in [2.75, 3.05) is 0 Å². The normalized spacial score (nSPS) is 29.7. The SMILES string of the molecule is CCCC1CCC2c3ccc(O)c(F)c3CCC2C1. The van der Waals surface area contributed by atoms with Crippen LogP contribution in [0.15, 0.2) is 12.1 Å². The zero-order valence-corrected chi connectivity index (χ0v) is 11.7. The lowest BCUT2D eigenvalue weighted by molar-refractivity contribution is 0.199. The van der Waals surface area contributed by atoms with Crippen LogP contribution in [-0.2, 0) is 6.42 Å². The van der Waals surface area contributed by atoms with E-state index in [1.807, 2.05) is 6.07 Å². The summed E-state index contributed by atoms with van der Waals surface area (Å²) >= 11 is 0. The van der Waals surface area contributed by atoms with Gasteiger partial charge in [-0.2, -0.15) is 0 Å². The van der Waals surface area contributed by atoms with Gasteiger partial charge in [-0.25, -0.2) is 4.39 Å². The van der Waals surface area contributed by atoms with Gasteiger partial charge in [-0.3, -0.25) is 0 Å². The third-order valence-corrected chi connectivity index (χ3v) is 5.21. The summed E-state index contributed by atoms with van der Waals surface area (Å²) in [6.07, 6.45) is 8.33. The van der Waals surface area contributed by atoms with Crippen LogP contribution >= 0.6 is 0 Å². The molecule has 0 saturated heterocycles. The number of aromatic hydroxyl groups is 1. The molecule has 19 heavy (non-hydrogen) atoms. The fraction of sp³-hybridized carbons (Fsp3) is 0.647. The van der Waals surface area contributed by atoms with Gasteiger partial charge in [0.25, 0.3) is 0 Å². The number of hydrogen-bond acceptors (Lipinski definition) is 1. The highest BCUT2D eigenvalue weighted by atomic mass is 19.1. The van der Waals surface area contributed by atoms with Crippen LogP contribution < -0.4 is 0 Å². The second-order valence-electron chi connectivity index (χ2n) is 6.34. The summed E-state index contributed by atoms with van der Waals surface area (Å²) < 4.78 is 14.0. The minimum Gasteiger partial charge on any atom is -0.505 e. The molecule has 1 aromatic rings. The highest BCUT2D eigenvalue weighted by molar-refractivity contribution is 5.41. The highest BCUT2D eigenvalue weighted by Crippen LogP contribution is 2.48. The van der Waals surface area contributed by atoms with Crippen molar-refractivity contribution < 1.29 is 9.50 Å². The van der Waals surface area contributed by atoms with Crippen molar-refractivity contribution in [3.8, 4) is 5.75 Å². The molecule has 2 aliphatic carbocycles. The van der Waals surface area contributed by atoms with E-state index in [9.17, 15) is 9.50 Å². The molecular formula is C17H23FO. The van der Waals surface area contributed by atoms with Crippen LogP contribution in [0.3, 0.4) is 0 Å². The predicted molar refractivity (Wildman–Crippen MR) is 74.9 cm³/mol. The van der Waals surface area contributed by atoms with E-state index in [-0.39, 0.29) is 11.6 Å². The van der Waals surface area contributed by atoms with Gasteiger partial charge in [0.05, 0.1) is 0 Å². The van der Waals surface area contributed by atoms with Gasteiger partial charge in [-0.1, -0.05) is 25.8 Å². The molecule has 1 N–H and O–H groups in total. The number of rotatable bonds is 2. The van der Waals surface area contributed by atoms with E-state index in [2.05, 4.69) is 6.92 Å². The largest absolute Gasteiger partial charge is 0.505 e. The van der Waals surface area contributed by atoms with Gasteiger partial charge in [-0.15, -0.1) is 0 Å². The van der Waals surface area contributed by atoms with Crippen LogP contribution in [0.5, 0.6) is 5.75 Å². The lowest BCUT2D eigenvalue weighted by atomic mass is 9.64. The van der Waals surface area contributed by atoms with Gasteiger partial charge in [-0.05, 0) is 67.1 Å². The predicted octanol–water partition coefficient (Wildman–Crippen LogP) is 4.78. The van der Waals surface area contributed by atoms with Crippen molar-refractivity contribution in [2.45, 2.75) is 57.8 Å². The van der Waals surface area contributed by atoms with E-state index < -0.39 is 0 Å². The second-order valence-corrected chi connectivity index (χ2v) is 6.34. The number of hydrogen-bond donors (Lipinski definition) is 1. The summed E-state index contributed by atoms with van der Waals surface area (Å²) in [6.45, 7) is 2.26. The topological polar surface area (TPSA) is 20.2 Å². The monoisotopic (exact) mass is 262 g/mol. The van der Waals surface area contributed by atoms with Gasteiger partial charge in [0.15, 0.2) is 11.6 Å². The van der Waals surface area contributed by atoms with E-state index >= 15 is 0 Å². The Balaban J connectivity index is 1.85. The average Bonchev–Trinajstić information content (AvgIpc) is 2.42. The lowest BCUT2D eigenvalue weighted by Gasteiger charge is -2.40. The fourth-order valence-electron chi connectivity index (χ4n) is 4.32. The van der Waals surface area contributed by atoms with Gasteiger partial charge < -0.3 is 5.11 Å². The molecule has 0 bridgehead atoms. The molecule has 1 aromatic carbocycles. The van der Waals surface area contributed by atoms with Crippen LogP contribution in [0.1, 0.15) is 62.5 Å². The van der Waals surface area contributed by atoms with Crippen molar-refractivity contribution in [1.82, 2.24) is 0 Å². The smallest absolute Gasteiger partial charge is 0.168 e. The van der Waals surface area contributed by atoms with E-state index in [0.717, 1.165) is 30.2 Å². The Kier molecular flexibility index (Phi) is 3.51. The van der Waals surface area contributed by atoms with Gasteiger partial charge in [0, 0.05) is 0 Å². The molecule has 0 spiro atoms. The van der Waals surface area contributed by atoms with E-state index in [4.69, 9.17) is 0 Å². The minimum absolute atomic E-state index is 0.183. The highest BCUT2D eigenvalue weighted by Gasteiger charge is 2.36. The number of benzene rings is 1. The second kappa shape index (κ2) is 5.15. The molecule has 2 heteroatoms. The Hall–Kier alpha value is -1.05. The molecule has 3 unspecified atom stereocenters. The minimum atomic E-state index is -0.369. The first-order chi connectivity index (χ1) is 9.20. The van der Waals surface area contributed by atoms with Crippen LogP contribution in [-0.4, -0.2) is 5.11 Å². The molecule has 1 saturated carbocycles. The third-order valence-electron chi connectivity index (χ3n) is 5.21. The zero-order valence-electron chi connectivity index (χ0n) is 11.7. The zero-order chi connectivity index (χ0) is 13.4. The van der Waals surface area contributed by atoms with E-state index in [1.54, 1.807) is 0 Å².